The minimum absolute atomic E-state index is 0. The van der Waals surface area contributed by atoms with E-state index in [1.807, 2.05) is 13.1 Å². The minimum Gasteiger partial charge on any atom is -0.361 e. The molecule has 0 fully saturated rings. The summed E-state index contributed by atoms with van der Waals surface area (Å²) in [5.41, 5.74) is 3.53. The SMILES string of the molecule is CCNC(=NCCS(=O)(=O)c1ccccc1F)NCCc1c[nH]c2cc(C)ccc12.I. The van der Waals surface area contributed by atoms with Gasteiger partial charge in [-0.1, -0.05) is 24.3 Å². The van der Waals surface area contributed by atoms with Crippen molar-refractivity contribution < 1.29 is 12.8 Å². The molecular formula is C22H28FIN4O2S. The van der Waals surface area contributed by atoms with Gasteiger partial charge >= 0.3 is 0 Å². The molecule has 31 heavy (non-hydrogen) atoms. The fourth-order valence-electron chi connectivity index (χ4n) is 3.25. The molecule has 0 saturated carbocycles. The van der Waals surface area contributed by atoms with E-state index in [9.17, 15) is 12.8 Å². The summed E-state index contributed by atoms with van der Waals surface area (Å²) in [7, 11) is -3.73. The summed E-state index contributed by atoms with van der Waals surface area (Å²) in [6, 6.07) is 11.7. The quantitative estimate of drug-likeness (QED) is 0.223. The maximum Gasteiger partial charge on any atom is 0.191 e. The van der Waals surface area contributed by atoms with Crippen LogP contribution in [0.15, 0.2) is 58.5 Å². The molecule has 0 atom stereocenters. The Hall–Kier alpha value is -2.14. The number of guanidine groups is 1. The van der Waals surface area contributed by atoms with Crippen molar-refractivity contribution in [1.82, 2.24) is 15.6 Å². The van der Waals surface area contributed by atoms with Crippen LogP contribution >= 0.6 is 24.0 Å². The number of nitrogens with one attached hydrogen (secondary N) is 3. The largest absolute Gasteiger partial charge is 0.361 e. The highest BCUT2D eigenvalue weighted by Crippen LogP contribution is 2.19. The van der Waals surface area contributed by atoms with Crippen molar-refractivity contribution >= 4 is 50.7 Å². The first-order valence-electron chi connectivity index (χ1n) is 9.97. The van der Waals surface area contributed by atoms with Gasteiger partial charge in [-0.25, -0.2) is 12.8 Å². The van der Waals surface area contributed by atoms with Crippen LogP contribution in [0.4, 0.5) is 4.39 Å². The molecule has 0 radical (unpaired) electrons. The van der Waals surface area contributed by atoms with Crippen molar-refractivity contribution in [3.05, 3.63) is 65.6 Å². The van der Waals surface area contributed by atoms with Gasteiger partial charge in [-0.2, -0.15) is 0 Å². The third kappa shape index (κ3) is 6.67. The van der Waals surface area contributed by atoms with Crippen molar-refractivity contribution in [3.8, 4) is 0 Å². The predicted molar refractivity (Wildman–Crippen MR) is 135 cm³/mol. The van der Waals surface area contributed by atoms with E-state index in [1.165, 1.54) is 34.7 Å². The van der Waals surface area contributed by atoms with E-state index in [4.69, 9.17) is 0 Å². The fourth-order valence-corrected chi connectivity index (χ4v) is 4.45. The third-order valence-corrected chi connectivity index (χ3v) is 6.48. The van der Waals surface area contributed by atoms with Crippen molar-refractivity contribution in [3.63, 3.8) is 0 Å². The van der Waals surface area contributed by atoms with E-state index in [0.717, 1.165) is 18.0 Å². The third-order valence-electron chi connectivity index (χ3n) is 4.76. The number of nitrogens with zero attached hydrogens (tertiary/aromatic N) is 1. The molecule has 0 aliphatic carbocycles. The normalized spacial score (nSPS) is 11.9. The van der Waals surface area contributed by atoms with E-state index < -0.39 is 15.7 Å². The molecule has 0 unspecified atom stereocenters. The molecule has 0 bridgehead atoms. The number of hydrogen-bond acceptors (Lipinski definition) is 3. The van der Waals surface area contributed by atoms with Crippen LogP contribution in [0.5, 0.6) is 0 Å². The first-order valence-corrected chi connectivity index (χ1v) is 11.6. The van der Waals surface area contributed by atoms with Crippen LogP contribution in [-0.4, -0.2) is 44.7 Å². The molecule has 0 amide bonds. The molecule has 1 heterocycles. The fraction of sp³-hybridized carbons (Fsp3) is 0.318. The van der Waals surface area contributed by atoms with E-state index in [-0.39, 0.29) is 41.2 Å². The van der Waals surface area contributed by atoms with Gasteiger partial charge in [0.1, 0.15) is 10.7 Å². The molecule has 9 heteroatoms. The number of rotatable bonds is 8. The second-order valence-electron chi connectivity index (χ2n) is 7.05. The van der Waals surface area contributed by atoms with Gasteiger partial charge in [0, 0.05) is 30.2 Å². The smallest absolute Gasteiger partial charge is 0.191 e. The molecule has 2 aromatic carbocycles. The predicted octanol–water partition coefficient (Wildman–Crippen LogP) is 3.80. The minimum atomic E-state index is -3.73. The van der Waals surface area contributed by atoms with Crippen LogP contribution in [0, 0.1) is 12.7 Å². The van der Waals surface area contributed by atoms with Crippen LogP contribution in [0.3, 0.4) is 0 Å². The van der Waals surface area contributed by atoms with Crippen LogP contribution in [-0.2, 0) is 16.3 Å². The number of benzene rings is 2. The van der Waals surface area contributed by atoms with Gasteiger partial charge in [-0.15, -0.1) is 24.0 Å². The number of aromatic amines is 1. The number of aliphatic imine (C=N–C) groups is 1. The molecule has 1 aromatic heterocycles. The lowest BCUT2D eigenvalue weighted by Gasteiger charge is -2.11. The summed E-state index contributed by atoms with van der Waals surface area (Å²) >= 11 is 0. The zero-order valence-corrected chi connectivity index (χ0v) is 20.8. The average Bonchev–Trinajstić information content (AvgIpc) is 3.10. The molecule has 0 spiro atoms. The molecule has 0 saturated heterocycles. The Bertz CT molecular complexity index is 1150. The highest BCUT2D eigenvalue weighted by molar-refractivity contribution is 14.0. The lowest BCUT2D eigenvalue weighted by atomic mass is 10.1. The Morgan fingerprint density at radius 2 is 1.94 bits per heavy atom. The summed E-state index contributed by atoms with van der Waals surface area (Å²) in [5.74, 6) is -0.455. The Morgan fingerprint density at radius 1 is 1.16 bits per heavy atom. The number of H-pyrrole nitrogens is 1. The maximum absolute atomic E-state index is 13.8. The van der Waals surface area contributed by atoms with E-state index in [2.05, 4.69) is 45.7 Å². The van der Waals surface area contributed by atoms with Crippen LogP contribution in [0.25, 0.3) is 10.9 Å². The van der Waals surface area contributed by atoms with Crippen molar-refractivity contribution in [2.75, 3.05) is 25.4 Å². The molecule has 0 aliphatic rings. The summed E-state index contributed by atoms with van der Waals surface area (Å²) in [4.78, 5) is 7.34. The number of hydrogen-bond donors (Lipinski definition) is 3. The van der Waals surface area contributed by atoms with Gasteiger partial charge in [-0.05, 0) is 49.6 Å². The molecule has 168 valence electrons. The number of halogens is 2. The molecule has 0 aliphatic heterocycles. The number of aromatic nitrogens is 1. The van der Waals surface area contributed by atoms with Gasteiger partial charge in [0.05, 0.1) is 12.3 Å². The zero-order chi connectivity index (χ0) is 21.6. The second-order valence-corrected chi connectivity index (χ2v) is 9.13. The highest BCUT2D eigenvalue weighted by Gasteiger charge is 2.18. The second kappa shape index (κ2) is 11.5. The summed E-state index contributed by atoms with van der Waals surface area (Å²) in [5, 5.41) is 7.53. The van der Waals surface area contributed by atoms with Crippen molar-refractivity contribution in [2.45, 2.75) is 25.2 Å². The number of fused-ring (bicyclic) bond motifs is 1. The van der Waals surface area contributed by atoms with E-state index >= 15 is 0 Å². The number of aryl methyl sites for hydroxylation is 1. The van der Waals surface area contributed by atoms with Crippen LogP contribution in [0.1, 0.15) is 18.1 Å². The zero-order valence-electron chi connectivity index (χ0n) is 17.6. The van der Waals surface area contributed by atoms with Gasteiger partial charge < -0.3 is 15.6 Å². The summed E-state index contributed by atoms with van der Waals surface area (Å²) < 4.78 is 38.5. The van der Waals surface area contributed by atoms with E-state index in [0.29, 0.717) is 19.0 Å². The monoisotopic (exact) mass is 558 g/mol. The highest BCUT2D eigenvalue weighted by atomic mass is 127. The molecular weight excluding hydrogens is 530 g/mol. The van der Waals surface area contributed by atoms with Gasteiger partial charge in [0.15, 0.2) is 15.8 Å². The van der Waals surface area contributed by atoms with E-state index in [1.54, 1.807) is 0 Å². The lowest BCUT2D eigenvalue weighted by molar-refractivity contribution is 0.567. The van der Waals surface area contributed by atoms with Crippen molar-refractivity contribution in [1.29, 1.82) is 0 Å². The van der Waals surface area contributed by atoms with Gasteiger partial charge in [0.25, 0.3) is 0 Å². The lowest BCUT2D eigenvalue weighted by Crippen LogP contribution is -2.38. The van der Waals surface area contributed by atoms with Crippen LogP contribution in [0.2, 0.25) is 0 Å². The standard InChI is InChI=1S/C22H27FN4O2S.HI/c1-3-24-22(26-12-13-30(28,29)21-7-5-4-6-19(21)23)25-11-10-17-15-27-20-14-16(2)8-9-18(17)20;/h4-9,14-15,27H,3,10-13H2,1-2H3,(H2,24,25,26);1H. The first-order chi connectivity index (χ1) is 14.4. The Labute approximate surface area is 199 Å². The van der Waals surface area contributed by atoms with Gasteiger partial charge in [-0.3, -0.25) is 4.99 Å². The van der Waals surface area contributed by atoms with Gasteiger partial charge in [0.2, 0.25) is 0 Å². The average molecular weight is 558 g/mol. The van der Waals surface area contributed by atoms with Crippen LogP contribution < -0.4 is 10.6 Å². The molecule has 3 aromatic rings. The first kappa shape index (κ1) is 25.1. The topological polar surface area (TPSA) is 86.3 Å². The Balaban J connectivity index is 0.00000341. The summed E-state index contributed by atoms with van der Waals surface area (Å²) in [6.07, 6.45) is 2.80. The summed E-state index contributed by atoms with van der Waals surface area (Å²) in [6.45, 7) is 5.34. The molecule has 3 rings (SSSR count). The Kier molecular flexibility index (Phi) is 9.30. The molecule has 3 N–H and O–H groups in total. The maximum atomic E-state index is 13.8. The molecule has 6 nitrogen and oxygen atoms in total. The number of sulfone groups is 1. The Morgan fingerprint density at radius 3 is 2.68 bits per heavy atom. The van der Waals surface area contributed by atoms with Crippen molar-refractivity contribution in [2.24, 2.45) is 4.99 Å².